The third kappa shape index (κ3) is 3.81. The molecule has 3 rings (SSSR count). The van der Waals surface area contributed by atoms with E-state index in [-0.39, 0.29) is 0 Å². The number of aryl methyl sites for hydroxylation is 2. The number of pyridine rings is 1. The predicted molar refractivity (Wildman–Crippen MR) is 82.1 cm³/mol. The van der Waals surface area contributed by atoms with Crippen molar-refractivity contribution in [2.75, 3.05) is 5.73 Å². The van der Waals surface area contributed by atoms with Gasteiger partial charge in [0.15, 0.2) is 0 Å². The van der Waals surface area contributed by atoms with Crippen LogP contribution < -0.4 is 5.73 Å². The van der Waals surface area contributed by atoms with Crippen LogP contribution in [0.3, 0.4) is 0 Å². The van der Waals surface area contributed by atoms with Crippen molar-refractivity contribution in [3.8, 4) is 0 Å². The number of aromatic nitrogens is 1. The highest BCUT2D eigenvalue weighted by atomic mass is 14.6. The number of nitrogens with zero attached hydrogens (tertiary/aromatic N) is 1. The molecule has 0 aliphatic carbocycles. The van der Waals surface area contributed by atoms with E-state index < -0.39 is 0 Å². The summed E-state index contributed by atoms with van der Waals surface area (Å²) in [6, 6.07) is 18.1. The van der Waals surface area contributed by atoms with Crippen LogP contribution in [0.15, 0.2) is 60.8 Å². The Morgan fingerprint density at radius 1 is 0.842 bits per heavy atom. The molecule has 2 N–H and O–H groups in total. The maximum Gasteiger partial charge on any atom is 0.0701 e. The Morgan fingerprint density at radius 2 is 1.47 bits per heavy atom. The standard InChI is InChI=1S/C9H7N.C8H11N/c1-2-6-9-8(4-1)5-3-7-10-9;1-6-3-7(2)5-8(9)4-6/h1-7H;3-5H,9H2,1-2H3. The molecule has 0 atom stereocenters. The van der Waals surface area contributed by atoms with E-state index in [1.807, 2.05) is 56.4 Å². The van der Waals surface area contributed by atoms with Crippen molar-refractivity contribution in [1.29, 1.82) is 0 Å². The van der Waals surface area contributed by atoms with Crippen molar-refractivity contribution >= 4 is 16.6 Å². The first-order valence-electron chi connectivity index (χ1n) is 6.29. The number of hydrogen-bond donors (Lipinski definition) is 1. The van der Waals surface area contributed by atoms with E-state index in [1.165, 1.54) is 16.5 Å². The molecule has 19 heavy (non-hydrogen) atoms. The van der Waals surface area contributed by atoms with Gasteiger partial charge in [0.2, 0.25) is 0 Å². The molecule has 96 valence electrons. The zero-order valence-electron chi connectivity index (χ0n) is 11.3. The highest BCUT2D eigenvalue weighted by molar-refractivity contribution is 5.77. The largest absolute Gasteiger partial charge is 0.399 e. The Morgan fingerprint density at radius 3 is 2.11 bits per heavy atom. The van der Waals surface area contributed by atoms with Gasteiger partial charge in [-0.1, -0.05) is 30.3 Å². The van der Waals surface area contributed by atoms with Crippen molar-refractivity contribution in [2.24, 2.45) is 0 Å². The Hall–Kier alpha value is -2.35. The third-order valence-corrected chi connectivity index (χ3v) is 2.76. The number of fused-ring (bicyclic) bond motifs is 1. The van der Waals surface area contributed by atoms with Crippen LogP contribution >= 0.6 is 0 Å². The van der Waals surface area contributed by atoms with Gasteiger partial charge in [0.25, 0.3) is 0 Å². The van der Waals surface area contributed by atoms with Crippen LogP contribution in [0.25, 0.3) is 10.9 Å². The summed E-state index contributed by atoms with van der Waals surface area (Å²) in [6.45, 7) is 4.09. The molecule has 1 heterocycles. The quantitative estimate of drug-likeness (QED) is 0.609. The molecule has 0 radical (unpaired) electrons. The Bertz CT molecular complexity index is 559. The zero-order chi connectivity index (χ0) is 13.7. The molecular formula is C17H18N2. The predicted octanol–water partition coefficient (Wildman–Crippen LogP) is 4.12. The lowest BCUT2D eigenvalue weighted by Gasteiger charge is -1.97. The molecule has 0 amide bonds. The number of hydrogen-bond acceptors (Lipinski definition) is 2. The minimum absolute atomic E-state index is 0.854. The summed E-state index contributed by atoms with van der Waals surface area (Å²) in [4.78, 5) is 4.18. The van der Waals surface area contributed by atoms with E-state index in [1.54, 1.807) is 0 Å². The average molecular weight is 250 g/mol. The summed E-state index contributed by atoms with van der Waals surface area (Å²) < 4.78 is 0. The smallest absolute Gasteiger partial charge is 0.0701 e. The number of nitrogens with two attached hydrogens (primary N) is 1. The van der Waals surface area contributed by atoms with Crippen LogP contribution in [0.5, 0.6) is 0 Å². The van der Waals surface area contributed by atoms with Crippen molar-refractivity contribution < 1.29 is 0 Å². The van der Waals surface area contributed by atoms with Crippen LogP contribution in [0.4, 0.5) is 5.69 Å². The van der Waals surface area contributed by atoms with Crippen molar-refractivity contribution in [3.05, 3.63) is 71.9 Å². The van der Waals surface area contributed by atoms with Gasteiger partial charge >= 0.3 is 0 Å². The molecular weight excluding hydrogens is 232 g/mol. The maximum absolute atomic E-state index is 5.56. The number of para-hydroxylation sites is 1. The minimum atomic E-state index is 0.854. The van der Waals surface area contributed by atoms with Gasteiger partial charge in [0.1, 0.15) is 0 Å². The zero-order valence-corrected chi connectivity index (χ0v) is 11.3. The maximum atomic E-state index is 5.56. The number of anilines is 1. The van der Waals surface area contributed by atoms with Gasteiger partial charge in [-0.05, 0) is 49.2 Å². The molecule has 0 bridgehead atoms. The number of rotatable bonds is 0. The molecule has 0 aliphatic rings. The van der Waals surface area contributed by atoms with Gasteiger partial charge in [0.05, 0.1) is 5.52 Å². The van der Waals surface area contributed by atoms with E-state index in [9.17, 15) is 0 Å². The van der Waals surface area contributed by atoms with E-state index in [0.717, 1.165) is 11.2 Å². The SMILES string of the molecule is Cc1cc(C)cc(N)c1.c1ccc2ncccc2c1. The molecule has 0 unspecified atom stereocenters. The van der Waals surface area contributed by atoms with E-state index in [0.29, 0.717) is 0 Å². The average Bonchev–Trinajstić information content (AvgIpc) is 2.38. The first-order valence-corrected chi connectivity index (χ1v) is 6.29. The van der Waals surface area contributed by atoms with Crippen LogP contribution in [0.1, 0.15) is 11.1 Å². The monoisotopic (exact) mass is 250 g/mol. The second kappa shape index (κ2) is 6.01. The molecule has 0 saturated heterocycles. The fourth-order valence-electron chi connectivity index (χ4n) is 2.03. The summed E-state index contributed by atoms with van der Waals surface area (Å²) in [5.41, 5.74) is 9.93. The highest BCUT2D eigenvalue weighted by Crippen LogP contribution is 2.09. The summed E-state index contributed by atoms with van der Waals surface area (Å²) in [6.07, 6.45) is 1.81. The molecule has 2 aromatic carbocycles. The van der Waals surface area contributed by atoms with E-state index in [4.69, 9.17) is 5.73 Å². The summed E-state index contributed by atoms with van der Waals surface area (Å²) >= 11 is 0. The fraction of sp³-hybridized carbons (Fsp3) is 0.118. The lowest BCUT2D eigenvalue weighted by Crippen LogP contribution is -1.86. The van der Waals surface area contributed by atoms with Gasteiger partial charge in [-0.15, -0.1) is 0 Å². The van der Waals surface area contributed by atoms with Crippen LogP contribution in [0, 0.1) is 13.8 Å². The fourth-order valence-corrected chi connectivity index (χ4v) is 2.03. The second-order valence-electron chi connectivity index (χ2n) is 4.62. The van der Waals surface area contributed by atoms with Gasteiger partial charge in [-0.25, -0.2) is 0 Å². The lowest BCUT2D eigenvalue weighted by atomic mass is 10.1. The summed E-state index contributed by atoms with van der Waals surface area (Å²) in [5.74, 6) is 0. The van der Waals surface area contributed by atoms with Gasteiger partial charge < -0.3 is 5.73 Å². The third-order valence-electron chi connectivity index (χ3n) is 2.76. The lowest BCUT2D eigenvalue weighted by molar-refractivity contribution is 1.39. The molecule has 2 nitrogen and oxygen atoms in total. The Balaban J connectivity index is 0.000000141. The Kier molecular flexibility index (Phi) is 4.14. The molecule has 0 aliphatic heterocycles. The first-order chi connectivity index (χ1) is 9.15. The van der Waals surface area contributed by atoms with Crippen LogP contribution in [-0.4, -0.2) is 4.98 Å². The Labute approximate surface area is 113 Å². The van der Waals surface area contributed by atoms with E-state index in [2.05, 4.69) is 23.2 Å². The van der Waals surface area contributed by atoms with Gasteiger partial charge in [0, 0.05) is 17.3 Å². The number of benzene rings is 2. The topological polar surface area (TPSA) is 38.9 Å². The number of nitrogen functional groups attached to an aromatic ring is 1. The van der Waals surface area contributed by atoms with Crippen molar-refractivity contribution in [2.45, 2.75) is 13.8 Å². The van der Waals surface area contributed by atoms with Gasteiger partial charge in [-0.3, -0.25) is 4.98 Å². The minimum Gasteiger partial charge on any atom is -0.399 e. The van der Waals surface area contributed by atoms with Gasteiger partial charge in [-0.2, -0.15) is 0 Å². The highest BCUT2D eigenvalue weighted by Gasteiger charge is 1.88. The molecule has 1 aromatic heterocycles. The normalized spacial score (nSPS) is 9.79. The molecule has 0 spiro atoms. The molecule has 2 heteroatoms. The van der Waals surface area contributed by atoms with Crippen molar-refractivity contribution in [3.63, 3.8) is 0 Å². The molecule has 3 aromatic rings. The van der Waals surface area contributed by atoms with Crippen molar-refractivity contribution in [1.82, 2.24) is 4.98 Å². The molecule has 0 saturated carbocycles. The first kappa shape index (κ1) is 13.1. The van der Waals surface area contributed by atoms with Crippen LogP contribution in [-0.2, 0) is 0 Å². The summed E-state index contributed by atoms with van der Waals surface area (Å²) in [7, 11) is 0. The molecule has 0 fully saturated rings. The van der Waals surface area contributed by atoms with Crippen LogP contribution in [0.2, 0.25) is 0 Å². The summed E-state index contributed by atoms with van der Waals surface area (Å²) in [5, 5.41) is 1.20. The second-order valence-corrected chi connectivity index (χ2v) is 4.62. The van der Waals surface area contributed by atoms with E-state index >= 15 is 0 Å².